The molecule has 0 saturated heterocycles. The maximum atomic E-state index is 9.92. The Morgan fingerprint density at radius 2 is 1.62 bits per heavy atom. The topological polar surface area (TPSA) is 40.5 Å². The lowest BCUT2D eigenvalue weighted by Crippen LogP contribution is -2.01. The highest BCUT2D eigenvalue weighted by Crippen LogP contribution is 2.13. The summed E-state index contributed by atoms with van der Waals surface area (Å²) in [5.41, 5.74) is 2.34. The lowest BCUT2D eigenvalue weighted by molar-refractivity contribution is 0.209. The fourth-order valence-electron chi connectivity index (χ4n) is 2.23. The molecule has 1 atom stereocenters. The summed E-state index contributed by atoms with van der Waals surface area (Å²) < 4.78 is 0. The summed E-state index contributed by atoms with van der Waals surface area (Å²) in [6, 6.07) is 17.3. The lowest BCUT2D eigenvalue weighted by atomic mass is 10.0. The van der Waals surface area contributed by atoms with Gasteiger partial charge in [-0.05, 0) is 42.5 Å². The molecule has 0 aromatic heterocycles. The number of aryl methyl sites for hydroxylation is 1. The first-order valence-electron chi connectivity index (χ1n) is 7.43. The lowest BCUT2D eigenvalue weighted by Gasteiger charge is -2.06. The molecule has 0 spiro atoms. The molecule has 21 heavy (non-hydrogen) atoms. The first-order chi connectivity index (χ1) is 10.2. The number of unbranched alkanes of at least 4 members (excludes halogenated alkanes) is 1. The van der Waals surface area contributed by atoms with Gasteiger partial charge in [0.05, 0.1) is 6.10 Å². The van der Waals surface area contributed by atoms with Crippen molar-refractivity contribution in [3.8, 4) is 5.75 Å². The van der Waals surface area contributed by atoms with Crippen molar-refractivity contribution in [2.45, 2.75) is 31.8 Å². The predicted octanol–water partition coefficient (Wildman–Crippen LogP) is 4.18. The van der Waals surface area contributed by atoms with Crippen molar-refractivity contribution in [1.29, 1.82) is 0 Å². The third kappa shape index (κ3) is 5.84. The second-order valence-corrected chi connectivity index (χ2v) is 5.25. The maximum Gasteiger partial charge on any atom is 0.115 e. The van der Waals surface area contributed by atoms with Gasteiger partial charge in [-0.15, -0.1) is 0 Å². The molecule has 0 aliphatic carbocycles. The molecule has 2 N–H and O–H groups in total. The van der Waals surface area contributed by atoms with Crippen LogP contribution < -0.4 is 0 Å². The predicted molar refractivity (Wildman–Crippen MR) is 87.1 cm³/mol. The normalized spacial score (nSPS) is 12.6. The van der Waals surface area contributed by atoms with Crippen molar-refractivity contribution in [3.05, 3.63) is 71.8 Å². The number of aliphatic hydroxyl groups excluding tert-OH is 1. The van der Waals surface area contributed by atoms with E-state index in [4.69, 9.17) is 0 Å². The van der Waals surface area contributed by atoms with Crippen LogP contribution in [0.1, 0.15) is 30.4 Å². The van der Waals surface area contributed by atoms with Crippen LogP contribution >= 0.6 is 0 Å². The molecule has 2 heteroatoms. The van der Waals surface area contributed by atoms with E-state index in [0.717, 1.165) is 31.2 Å². The minimum absolute atomic E-state index is 0.306. The number of aliphatic hydroxyl groups is 1. The molecule has 0 bridgehead atoms. The van der Waals surface area contributed by atoms with E-state index >= 15 is 0 Å². The average Bonchev–Trinajstić information content (AvgIpc) is 2.52. The molecule has 1 unspecified atom stereocenters. The van der Waals surface area contributed by atoms with Gasteiger partial charge in [0.15, 0.2) is 0 Å². The molecule has 2 rings (SSSR count). The minimum Gasteiger partial charge on any atom is -0.508 e. The second kappa shape index (κ2) is 8.28. The van der Waals surface area contributed by atoms with Crippen molar-refractivity contribution >= 4 is 6.08 Å². The van der Waals surface area contributed by atoms with E-state index in [1.165, 1.54) is 5.56 Å². The quantitative estimate of drug-likeness (QED) is 0.748. The number of hydrogen-bond donors (Lipinski definition) is 2. The molecule has 0 amide bonds. The summed E-state index contributed by atoms with van der Waals surface area (Å²) in [4.78, 5) is 0. The molecule has 2 aromatic rings. The second-order valence-electron chi connectivity index (χ2n) is 5.25. The smallest absolute Gasteiger partial charge is 0.115 e. The van der Waals surface area contributed by atoms with Gasteiger partial charge in [0.1, 0.15) is 5.75 Å². The zero-order chi connectivity index (χ0) is 14.9. The van der Waals surface area contributed by atoms with E-state index in [1.807, 2.05) is 54.6 Å². The Bertz CT molecular complexity index is 544. The zero-order valence-corrected chi connectivity index (χ0v) is 12.2. The Balaban J connectivity index is 1.66. The van der Waals surface area contributed by atoms with E-state index < -0.39 is 0 Å². The van der Waals surface area contributed by atoms with Gasteiger partial charge in [0.25, 0.3) is 0 Å². The highest BCUT2D eigenvalue weighted by molar-refractivity contribution is 5.49. The van der Waals surface area contributed by atoms with Crippen molar-refractivity contribution < 1.29 is 10.2 Å². The summed E-state index contributed by atoms with van der Waals surface area (Å²) in [6.07, 6.45) is 7.23. The Hall–Kier alpha value is -2.06. The van der Waals surface area contributed by atoms with Gasteiger partial charge in [-0.25, -0.2) is 0 Å². The summed E-state index contributed by atoms with van der Waals surface area (Å²) in [5.74, 6) is 0.306. The molecular weight excluding hydrogens is 260 g/mol. The highest BCUT2D eigenvalue weighted by atomic mass is 16.3. The Morgan fingerprint density at radius 3 is 2.33 bits per heavy atom. The minimum atomic E-state index is -0.384. The van der Waals surface area contributed by atoms with Crippen LogP contribution in [-0.2, 0) is 6.42 Å². The van der Waals surface area contributed by atoms with Gasteiger partial charge < -0.3 is 10.2 Å². The highest BCUT2D eigenvalue weighted by Gasteiger charge is 2.00. The Kier molecular flexibility index (Phi) is 6.04. The number of phenols is 1. The standard InChI is InChI=1S/C19H22O2/c20-18(13-10-16-6-2-1-3-7-16)9-5-4-8-17-11-14-19(21)15-12-17/h1-3,6-7,10-15,18,20-21H,4-5,8-9H2/b13-10+. The van der Waals surface area contributed by atoms with Crippen molar-refractivity contribution in [2.75, 3.05) is 0 Å². The van der Waals surface area contributed by atoms with Gasteiger partial charge in [-0.3, -0.25) is 0 Å². The van der Waals surface area contributed by atoms with Crippen molar-refractivity contribution in [1.82, 2.24) is 0 Å². The van der Waals surface area contributed by atoms with Crippen LogP contribution in [0.2, 0.25) is 0 Å². The van der Waals surface area contributed by atoms with E-state index in [1.54, 1.807) is 12.1 Å². The van der Waals surface area contributed by atoms with Crippen LogP contribution in [0.25, 0.3) is 6.08 Å². The first kappa shape index (κ1) is 15.3. The van der Waals surface area contributed by atoms with Crippen LogP contribution in [0, 0.1) is 0 Å². The molecule has 0 fully saturated rings. The SMILES string of the molecule is Oc1ccc(CCCCC(O)/C=C/c2ccccc2)cc1. The number of rotatable bonds is 7. The average molecular weight is 282 g/mol. The van der Waals surface area contributed by atoms with Gasteiger partial charge in [0.2, 0.25) is 0 Å². The van der Waals surface area contributed by atoms with E-state index in [0.29, 0.717) is 5.75 Å². The summed E-state index contributed by atoms with van der Waals surface area (Å²) in [5, 5.41) is 19.1. The summed E-state index contributed by atoms with van der Waals surface area (Å²) in [7, 11) is 0. The largest absolute Gasteiger partial charge is 0.508 e. The van der Waals surface area contributed by atoms with E-state index in [2.05, 4.69) is 0 Å². The van der Waals surface area contributed by atoms with Crippen LogP contribution in [0.3, 0.4) is 0 Å². The molecule has 0 saturated carbocycles. The molecule has 0 aliphatic heterocycles. The van der Waals surface area contributed by atoms with E-state index in [-0.39, 0.29) is 6.10 Å². The van der Waals surface area contributed by atoms with Crippen LogP contribution in [0.4, 0.5) is 0 Å². The third-order valence-electron chi connectivity index (χ3n) is 3.46. The Labute approximate surface area is 126 Å². The Morgan fingerprint density at radius 1 is 0.905 bits per heavy atom. The number of phenolic OH excluding ortho intramolecular Hbond substituents is 1. The van der Waals surface area contributed by atoms with Crippen molar-refractivity contribution in [3.63, 3.8) is 0 Å². The maximum absolute atomic E-state index is 9.92. The molecule has 2 aromatic carbocycles. The van der Waals surface area contributed by atoms with E-state index in [9.17, 15) is 10.2 Å². The van der Waals surface area contributed by atoms with Crippen LogP contribution in [0.15, 0.2) is 60.7 Å². The van der Waals surface area contributed by atoms with Crippen molar-refractivity contribution in [2.24, 2.45) is 0 Å². The molecule has 0 radical (unpaired) electrons. The molecule has 0 aliphatic rings. The first-order valence-corrected chi connectivity index (χ1v) is 7.43. The fourth-order valence-corrected chi connectivity index (χ4v) is 2.23. The molecule has 0 heterocycles. The summed E-state index contributed by atoms with van der Waals surface area (Å²) >= 11 is 0. The molecule has 2 nitrogen and oxygen atoms in total. The zero-order valence-electron chi connectivity index (χ0n) is 12.2. The summed E-state index contributed by atoms with van der Waals surface area (Å²) in [6.45, 7) is 0. The van der Waals surface area contributed by atoms with Crippen LogP contribution in [0.5, 0.6) is 5.75 Å². The molecular formula is C19H22O2. The fraction of sp³-hybridized carbons (Fsp3) is 0.263. The van der Waals surface area contributed by atoms with Crippen LogP contribution in [-0.4, -0.2) is 16.3 Å². The molecule has 110 valence electrons. The third-order valence-corrected chi connectivity index (χ3v) is 3.46. The number of hydrogen-bond acceptors (Lipinski definition) is 2. The van der Waals surface area contributed by atoms with Gasteiger partial charge in [0, 0.05) is 0 Å². The van der Waals surface area contributed by atoms with Gasteiger partial charge in [-0.2, -0.15) is 0 Å². The van der Waals surface area contributed by atoms with Gasteiger partial charge in [-0.1, -0.05) is 61.0 Å². The monoisotopic (exact) mass is 282 g/mol. The number of aromatic hydroxyl groups is 1. The number of benzene rings is 2. The van der Waals surface area contributed by atoms with Gasteiger partial charge >= 0.3 is 0 Å².